The second-order valence-electron chi connectivity index (χ2n) is 4.60. The van der Waals surface area contributed by atoms with Crippen LogP contribution >= 0.6 is 35.0 Å². The van der Waals surface area contributed by atoms with Gasteiger partial charge < -0.3 is 4.74 Å². The lowest BCUT2D eigenvalue weighted by Crippen LogP contribution is -2.20. The van der Waals surface area contributed by atoms with Crippen LogP contribution in [0.1, 0.15) is 43.5 Å². The fourth-order valence-electron chi connectivity index (χ4n) is 1.71. The molecular weight excluding hydrogens is 350 g/mol. The van der Waals surface area contributed by atoms with Crippen molar-refractivity contribution in [1.82, 2.24) is 0 Å². The topological polar surface area (TPSA) is 43.4 Å². The van der Waals surface area contributed by atoms with Crippen LogP contribution in [0.5, 0.6) is 0 Å². The third kappa shape index (κ3) is 5.45. The van der Waals surface area contributed by atoms with E-state index in [1.807, 2.05) is 13.8 Å². The highest BCUT2D eigenvalue weighted by atomic mass is 35.5. The Kier molecular flexibility index (Phi) is 8.21. The van der Waals surface area contributed by atoms with Gasteiger partial charge in [0, 0.05) is 4.90 Å². The molecular formula is C15H17Cl2FO3S. The van der Waals surface area contributed by atoms with Gasteiger partial charge in [-0.15, -0.1) is 11.8 Å². The minimum Gasteiger partial charge on any atom is -0.465 e. The summed E-state index contributed by atoms with van der Waals surface area (Å²) >= 11 is 12.5. The normalized spacial score (nSPS) is 12.0. The Hall–Kier alpha value is -0.780. The van der Waals surface area contributed by atoms with Crippen molar-refractivity contribution in [2.75, 3.05) is 6.61 Å². The number of carbonyl (C=O) groups excluding carboxylic acids is 2. The zero-order valence-corrected chi connectivity index (χ0v) is 14.7. The molecule has 0 bridgehead atoms. The lowest BCUT2D eigenvalue weighted by atomic mass is 10.2. The highest BCUT2D eigenvalue weighted by molar-refractivity contribution is 8.00. The molecule has 1 aromatic carbocycles. The molecule has 3 nitrogen and oxygen atoms in total. The number of hydrogen-bond donors (Lipinski definition) is 0. The number of ether oxygens (including phenoxy) is 1. The van der Waals surface area contributed by atoms with Gasteiger partial charge in [0.25, 0.3) is 5.24 Å². The second-order valence-corrected chi connectivity index (χ2v) is 6.59. The van der Waals surface area contributed by atoms with Crippen LogP contribution in [0.3, 0.4) is 0 Å². The summed E-state index contributed by atoms with van der Waals surface area (Å²) in [4.78, 5) is 23.7. The van der Waals surface area contributed by atoms with E-state index in [-0.39, 0.29) is 16.6 Å². The number of hydrogen-bond acceptors (Lipinski definition) is 4. The first-order valence-corrected chi connectivity index (χ1v) is 8.56. The summed E-state index contributed by atoms with van der Waals surface area (Å²) < 4.78 is 18.8. The van der Waals surface area contributed by atoms with Gasteiger partial charge in [0.2, 0.25) is 0 Å². The zero-order valence-electron chi connectivity index (χ0n) is 12.3. The zero-order chi connectivity index (χ0) is 16.7. The van der Waals surface area contributed by atoms with Crippen molar-refractivity contribution in [3.63, 3.8) is 0 Å². The summed E-state index contributed by atoms with van der Waals surface area (Å²) in [6.45, 7) is 4.20. The first kappa shape index (κ1) is 19.3. The molecule has 0 fully saturated rings. The highest BCUT2D eigenvalue weighted by Crippen LogP contribution is 2.35. The van der Waals surface area contributed by atoms with Gasteiger partial charge in [-0.05, 0) is 36.6 Å². The molecule has 1 unspecified atom stereocenters. The molecule has 0 aromatic heterocycles. The van der Waals surface area contributed by atoms with Gasteiger partial charge in [-0.3, -0.25) is 9.59 Å². The SMILES string of the molecule is CCCOC(=O)C(CCC)Sc1cc(C(=O)Cl)c(F)cc1Cl. The standard InChI is InChI=1S/C15H17Cl2FO3S/c1-3-5-12(15(20)21-6-4-2)22-13-7-9(14(17)19)11(18)8-10(13)16/h7-8,12H,3-6H2,1-2H3. The molecule has 22 heavy (non-hydrogen) atoms. The molecule has 0 saturated carbocycles. The molecule has 122 valence electrons. The molecule has 7 heteroatoms. The van der Waals surface area contributed by atoms with E-state index in [0.717, 1.165) is 30.7 Å². The molecule has 0 aliphatic heterocycles. The summed E-state index contributed by atoms with van der Waals surface area (Å²) in [6, 6.07) is 2.30. The highest BCUT2D eigenvalue weighted by Gasteiger charge is 2.23. The van der Waals surface area contributed by atoms with E-state index in [4.69, 9.17) is 27.9 Å². The van der Waals surface area contributed by atoms with Crippen LogP contribution in [0, 0.1) is 5.82 Å². The molecule has 0 heterocycles. The maximum absolute atomic E-state index is 13.6. The first-order chi connectivity index (χ1) is 10.4. The first-order valence-electron chi connectivity index (χ1n) is 6.92. The minimum atomic E-state index is -0.906. The largest absolute Gasteiger partial charge is 0.465 e. The van der Waals surface area contributed by atoms with E-state index >= 15 is 0 Å². The molecule has 0 N–H and O–H groups in total. The van der Waals surface area contributed by atoms with Gasteiger partial charge in [0.05, 0.1) is 17.2 Å². The molecule has 0 amide bonds. The van der Waals surface area contributed by atoms with Crippen LogP contribution in [0.4, 0.5) is 4.39 Å². The maximum atomic E-state index is 13.6. The smallest absolute Gasteiger partial charge is 0.319 e. The molecule has 1 aromatic rings. The lowest BCUT2D eigenvalue weighted by molar-refractivity contribution is -0.143. The monoisotopic (exact) mass is 366 g/mol. The third-order valence-electron chi connectivity index (χ3n) is 2.76. The fraction of sp³-hybridized carbons (Fsp3) is 0.467. The number of thioether (sulfide) groups is 1. The Morgan fingerprint density at radius 3 is 2.55 bits per heavy atom. The van der Waals surface area contributed by atoms with E-state index in [1.54, 1.807) is 0 Å². The molecule has 0 radical (unpaired) electrons. The van der Waals surface area contributed by atoms with Gasteiger partial charge in [-0.2, -0.15) is 0 Å². The molecule has 0 aliphatic rings. The van der Waals surface area contributed by atoms with Gasteiger partial charge in [0.15, 0.2) is 0 Å². The predicted octanol–water partition coefficient (Wildman–Crippen LogP) is 5.07. The summed E-state index contributed by atoms with van der Waals surface area (Å²) in [6.07, 6.45) is 2.10. The van der Waals surface area contributed by atoms with Crippen molar-refractivity contribution < 1.29 is 18.7 Å². The van der Waals surface area contributed by atoms with Crippen LogP contribution in [0.2, 0.25) is 5.02 Å². The fourth-order valence-corrected chi connectivity index (χ4v) is 3.32. The van der Waals surface area contributed by atoms with Crippen LogP contribution in [0.25, 0.3) is 0 Å². The Morgan fingerprint density at radius 1 is 1.32 bits per heavy atom. The summed E-state index contributed by atoms with van der Waals surface area (Å²) in [7, 11) is 0. The number of halogens is 3. The van der Waals surface area contributed by atoms with E-state index in [1.165, 1.54) is 6.07 Å². The van der Waals surface area contributed by atoms with Crippen LogP contribution in [0.15, 0.2) is 17.0 Å². The Labute approximate surface area is 143 Å². The average molecular weight is 367 g/mol. The molecule has 0 spiro atoms. The Bertz CT molecular complexity index is 552. The number of benzene rings is 1. The van der Waals surface area contributed by atoms with E-state index in [9.17, 15) is 14.0 Å². The van der Waals surface area contributed by atoms with Gasteiger partial charge >= 0.3 is 5.97 Å². The molecule has 0 aliphatic carbocycles. The van der Waals surface area contributed by atoms with Crippen LogP contribution in [-0.4, -0.2) is 23.1 Å². The average Bonchev–Trinajstić information content (AvgIpc) is 2.46. The molecule has 0 saturated heterocycles. The Balaban J connectivity index is 3.00. The molecule has 1 atom stereocenters. The van der Waals surface area contributed by atoms with Crippen molar-refractivity contribution in [2.45, 2.75) is 43.3 Å². The van der Waals surface area contributed by atoms with E-state index in [0.29, 0.717) is 17.9 Å². The maximum Gasteiger partial charge on any atom is 0.319 e. The van der Waals surface area contributed by atoms with Crippen molar-refractivity contribution in [3.05, 3.63) is 28.5 Å². The second kappa shape index (κ2) is 9.38. The van der Waals surface area contributed by atoms with E-state index in [2.05, 4.69) is 0 Å². The summed E-state index contributed by atoms with van der Waals surface area (Å²) in [5.74, 6) is -1.12. The van der Waals surface area contributed by atoms with Gasteiger partial charge in [-0.1, -0.05) is 31.9 Å². The number of carbonyl (C=O) groups is 2. The molecule has 1 rings (SSSR count). The summed E-state index contributed by atoms with van der Waals surface area (Å²) in [5, 5.41) is -1.23. The van der Waals surface area contributed by atoms with Crippen molar-refractivity contribution in [3.8, 4) is 0 Å². The van der Waals surface area contributed by atoms with Crippen molar-refractivity contribution in [1.29, 1.82) is 0 Å². The van der Waals surface area contributed by atoms with Crippen molar-refractivity contribution >= 4 is 46.2 Å². The quantitative estimate of drug-likeness (QED) is 0.365. The Morgan fingerprint density at radius 2 is 2.00 bits per heavy atom. The third-order valence-corrected chi connectivity index (χ3v) is 4.70. The number of esters is 1. The van der Waals surface area contributed by atoms with Crippen LogP contribution < -0.4 is 0 Å². The van der Waals surface area contributed by atoms with Gasteiger partial charge in [0.1, 0.15) is 11.1 Å². The number of rotatable bonds is 8. The van der Waals surface area contributed by atoms with Crippen LogP contribution in [-0.2, 0) is 9.53 Å². The minimum absolute atomic E-state index is 0.133. The van der Waals surface area contributed by atoms with Crippen molar-refractivity contribution in [2.24, 2.45) is 0 Å². The van der Waals surface area contributed by atoms with Gasteiger partial charge in [-0.25, -0.2) is 4.39 Å². The summed E-state index contributed by atoms with van der Waals surface area (Å²) in [5.41, 5.74) is -0.259. The lowest BCUT2D eigenvalue weighted by Gasteiger charge is -2.16. The van der Waals surface area contributed by atoms with E-state index < -0.39 is 16.3 Å². The predicted molar refractivity (Wildman–Crippen MR) is 87.4 cm³/mol.